The van der Waals surface area contributed by atoms with Crippen LogP contribution in [0.15, 0.2) is 0 Å². The molecule has 0 aliphatic heterocycles. The summed E-state index contributed by atoms with van der Waals surface area (Å²) in [6, 6.07) is 0. The smallest absolute Gasteiger partial charge is 0.224 e. The molecule has 6 heteroatoms. The van der Waals surface area contributed by atoms with E-state index in [1.807, 2.05) is 6.92 Å². The molecule has 62 valence electrons. The molecule has 0 radical (unpaired) electrons. The zero-order chi connectivity index (χ0) is 8.72. The summed E-state index contributed by atoms with van der Waals surface area (Å²) in [5.74, 6) is 0.521. The number of rotatable bonds is 0. The maximum Gasteiger partial charge on any atom is 0.224 e. The molecule has 0 amide bonds. The first kappa shape index (κ1) is 6.84. The maximum atomic E-state index is 5.61. The minimum Gasteiger partial charge on any atom is -0.383 e. The maximum absolute atomic E-state index is 5.61. The van der Waals surface area contributed by atoms with Crippen molar-refractivity contribution in [2.24, 2.45) is 0 Å². The van der Waals surface area contributed by atoms with Crippen LogP contribution in [0, 0.1) is 6.92 Å². The van der Waals surface area contributed by atoms with Crippen molar-refractivity contribution >= 4 is 22.8 Å². The lowest BCUT2D eigenvalue weighted by Gasteiger charge is -1.95. The zero-order valence-electron chi connectivity index (χ0n) is 6.50. The van der Waals surface area contributed by atoms with Crippen LogP contribution in [-0.4, -0.2) is 20.2 Å². The molecule has 2 aromatic heterocycles. The summed E-state index contributed by atoms with van der Waals surface area (Å²) in [5, 5.41) is 7.38. The van der Waals surface area contributed by atoms with Crippen LogP contribution in [-0.2, 0) is 0 Å². The largest absolute Gasteiger partial charge is 0.383 e. The van der Waals surface area contributed by atoms with Gasteiger partial charge in [0.25, 0.3) is 0 Å². The fourth-order valence-electron chi connectivity index (χ4n) is 1.13. The molecule has 12 heavy (non-hydrogen) atoms. The molecule has 0 atom stereocenters. The number of nitrogens with zero attached hydrogens (tertiary/aromatic N) is 3. The van der Waals surface area contributed by atoms with Gasteiger partial charge in [-0.05, 0) is 6.92 Å². The van der Waals surface area contributed by atoms with Crippen LogP contribution in [0.1, 0.15) is 5.69 Å². The Morgan fingerprint density at radius 2 is 2.00 bits per heavy atom. The van der Waals surface area contributed by atoms with Crippen LogP contribution in [0.25, 0.3) is 11.0 Å². The predicted molar refractivity (Wildman–Crippen MR) is 45.2 cm³/mol. The van der Waals surface area contributed by atoms with E-state index >= 15 is 0 Å². The third-order valence-electron chi connectivity index (χ3n) is 1.65. The van der Waals surface area contributed by atoms with E-state index < -0.39 is 0 Å². The fourth-order valence-corrected chi connectivity index (χ4v) is 1.13. The highest BCUT2D eigenvalue weighted by atomic mass is 15.2. The Hall–Kier alpha value is -1.85. The molecule has 2 heterocycles. The Bertz CT molecular complexity index is 431. The molecule has 2 rings (SSSR count). The molecule has 0 aliphatic rings. The highest BCUT2D eigenvalue weighted by Crippen LogP contribution is 2.18. The van der Waals surface area contributed by atoms with Crippen LogP contribution in [0.4, 0.5) is 11.8 Å². The van der Waals surface area contributed by atoms with Crippen LogP contribution >= 0.6 is 0 Å². The van der Waals surface area contributed by atoms with Gasteiger partial charge in [-0.15, -0.1) is 0 Å². The summed E-state index contributed by atoms with van der Waals surface area (Å²) in [5.41, 5.74) is 12.4. The van der Waals surface area contributed by atoms with E-state index in [1.165, 1.54) is 0 Å². The van der Waals surface area contributed by atoms with Gasteiger partial charge in [0.05, 0.1) is 11.1 Å². The predicted octanol–water partition coefficient (Wildman–Crippen LogP) is -0.174. The zero-order valence-corrected chi connectivity index (χ0v) is 6.50. The third-order valence-corrected chi connectivity index (χ3v) is 1.65. The molecule has 0 saturated carbocycles. The number of hydrogen-bond donors (Lipinski definition) is 3. The number of aryl methyl sites for hydroxylation is 1. The number of hydrogen-bond acceptors (Lipinski definition) is 5. The monoisotopic (exact) mass is 164 g/mol. The lowest BCUT2D eigenvalue weighted by molar-refractivity contribution is 1.05. The Morgan fingerprint density at radius 1 is 1.25 bits per heavy atom. The summed E-state index contributed by atoms with van der Waals surface area (Å²) in [6.07, 6.45) is 0. The topological polar surface area (TPSA) is 106 Å². The lowest BCUT2D eigenvalue weighted by Crippen LogP contribution is -1.99. The standard InChI is InChI=1S/C6H8N6/c1-2-3-4(7)9-6(8)10-5(3)12-11-2/h1H3,(H5,7,8,9,10,11,12). The first-order chi connectivity index (χ1) is 5.68. The van der Waals surface area contributed by atoms with Crippen LogP contribution in [0.2, 0.25) is 0 Å². The van der Waals surface area contributed by atoms with E-state index in [-0.39, 0.29) is 5.95 Å². The molecular weight excluding hydrogens is 156 g/mol. The van der Waals surface area contributed by atoms with E-state index in [0.29, 0.717) is 11.5 Å². The minimum atomic E-state index is 0.156. The van der Waals surface area contributed by atoms with Crippen molar-refractivity contribution in [3.63, 3.8) is 0 Å². The number of nitrogen functional groups attached to an aromatic ring is 2. The number of H-pyrrole nitrogens is 1. The van der Waals surface area contributed by atoms with Crippen molar-refractivity contribution < 1.29 is 0 Å². The van der Waals surface area contributed by atoms with Crippen LogP contribution in [0.5, 0.6) is 0 Å². The molecule has 0 fully saturated rings. The number of fused-ring (bicyclic) bond motifs is 1. The number of aromatic amines is 1. The van der Waals surface area contributed by atoms with Crippen molar-refractivity contribution in [2.45, 2.75) is 6.92 Å². The van der Waals surface area contributed by atoms with E-state index in [2.05, 4.69) is 20.2 Å². The second-order valence-corrected chi connectivity index (χ2v) is 2.50. The Morgan fingerprint density at radius 3 is 2.75 bits per heavy atom. The van der Waals surface area contributed by atoms with Gasteiger partial charge in [0, 0.05) is 0 Å². The van der Waals surface area contributed by atoms with Gasteiger partial charge in [0.15, 0.2) is 5.65 Å². The second kappa shape index (κ2) is 2.07. The average Bonchev–Trinajstić information content (AvgIpc) is 2.31. The molecule has 2 aromatic rings. The quantitative estimate of drug-likeness (QED) is 0.501. The van der Waals surface area contributed by atoms with Gasteiger partial charge in [0.1, 0.15) is 5.82 Å². The third kappa shape index (κ3) is 0.777. The van der Waals surface area contributed by atoms with Crippen LogP contribution in [0.3, 0.4) is 0 Å². The number of nitrogens with two attached hydrogens (primary N) is 2. The number of nitrogens with one attached hydrogen (secondary N) is 1. The Balaban J connectivity index is 2.93. The summed E-state index contributed by atoms with van der Waals surface area (Å²) < 4.78 is 0. The second-order valence-electron chi connectivity index (χ2n) is 2.50. The Kier molecular flexibility index (Phi) is 1.18. The first-order valence-corrected chi connectivity index (χ1v) is 3.42. The van der Waals surface area contributed by atoms with Crippen molar-refractivity contribution in [3.8, 4) is 0 Å². The normalized spacial score (nSPS) is 10.8. The lowest BCUT2D eigenvalue weighted by atomic mass is 10.3. The minimum absolute atomic E-state index is 0.156. The Labute approximate surface area is 68.0 Å². The van der Waals surface area contributed by atoms with Gasteiger partial charge in [-0.1, -0.05) is 0 Å². The summed E-state index contributed by atoms with van der Waals surface area (Å²) in [4.78, 5) is 7.75. The summed E-state index contributed by atoms with van der Waals surface area (Å²) in [6.45, 7) is 1.83. The molecule has 5 N–H and O–H groups in total. The fraction of sp³-hybridized carbons (Fsp3) is 0.167. The number of anilines is 2. The highest BCUT2D eigenvalue weighted by Gasteiger charge is 2.07. The molecule has 0 spiro atoms. The molecular formula is C6H8N6. The van der Waals surface area contributed by atoms with Crippen molar-refractivity contribution in [1.29, 1.82) is 0 Å². The number of aromatic nitrogens is 4. The molecule has 0 unspecified atom stereocenters. The van der Waals surface area contributed by atoms with E-state index in [1.54, 1.807) is 0 Å². The van der Waals surface area contributed by atoms with E-state index in [9.17, 15) is 0 Å². The molecule has 0 aromatic carbocycles. The van der Waals surface area contributed by atoms with Gasteiger partial charge >= 0.3 is 0 Å². The molecule has 6 nitrogen and oxygen atoms in total. The highest BCUT2D eigenvalue weighted by molar-refractivity contribution is 5.88. The van der Waals surface area contributed by atoms with E-state index in [4.69, 9.17) is 11.5 Å². The van der Waals surface area contributed by atoms with Gasteiger partial charge in [-0.25, -0.2) is 0 Å². The van der Waals surface area contributed by atoms with Crippen molar-refractivity contribution in [1.82, 2.24) is 20.2 Å². The molecule has 0 bridgehead atoms. The van der Waals surface area contributed by atoms with Crippen LogP contribution < -0.4 is 11.5 Å². The molecule has 0 saturated heterocycles. The van der Waals surface area contributed by atoms with Gasteiger partial charge in [0.2, 0.25) is 5.95 Å². The SMILES string of the molecule is Cc1n[nH]c2nc(N)nc(N)c12. The summed E-state index contributed by atoms with van der Waals surface area (Å²) >= 11 is 0. The van der Waals surface area contributed by atoms with Gasteiger partial charge < -0.3 is 11.5 Å². The molecule has 0 aliphatic carbocycles. The van der Waals surface area contributed by atoms with Crippen molar-refractivity contribution in [2.75, 3.05) is 11.5 Å². The van der Waals surface area contributed by atoms with Gasteiger partial charge in [-0.3, -0.25) is 5.10 Å². The summed E-state index contributed by atoms with van der Waals surface area (Å²) in [7, 11) is 0. The average molecular weight is 164 g/mol. The van der Waals surface area contributed by atoms with Gasteiger partial charge in [-0.2, -0.15) is 15.1 Å². The van der Waals surface area contributed by atoms with E-state index in [0.717, 1.165) is 11.1 Å². The van der Waals surface area contributed by atoms with Crippen molar-refractivity contribution in [3.05, 3.63) is 5.69 Å². The first-order valence-electron chi connectivity index (χ1n) is 3.42.